The van der Waals surface area contributed by atoms with E-state index in [9.17, 15) is 4.79 Å². The van der Waals surface area contributed by atoms with Gasteiger partial charge in [-0.2, -0.15) is 0 Å². The number of hydrogen-bond donors (Lipinski definition) is 2. The molecule has 1 aromatic carbocycles. The molecule has 1 aliphatic heterocycles. The zero-order valence-electron chi connectivity index (χ0n) is 13.7. The summed E-state index contributed by atoms with van der Waals surface area (Å²) in [6.45, 7) is 8.09. The monoisotopic (exact) mass is 323 g/mol. The Labute approximate surface area is 138 Å². The molecular weight excluding hydrogens is 298 g/mol. The number of rotatable bonds is 4. The summed E-state index contributed by atoms with van der Waals surface area (Å²) < 4.78 is 0. The summed E-state index contributed by atoms with van der Waals surface area (Å²) in [4.78, 5) is 14.5. The van der Waals surface area contributed by atoms with E-state index >= 15 is 0 Å². The maximum atomic E-state index is 12.4. The van der Waals surface area contributed by atoms with Gasteiger partial charge in [0.2, 0.25) is 5.91 Å². The average molecular weight is 324 g/mol. The molecule has 0 aliphatic carbocycles. The lowest BCUT2D eigenvalue weighted by Crippen LogP contribution is -2.49. The van der Waals surface area contributed by atoms with E-state index in [-0.39, 0.29) is 5.91 Å². The van der Waals surface area contributed by atoms with E-state index in [4.69, 9.17) is 17.3 Å². The molecule has 122 valence electrons. The Kier molecular flexibility index (Phi) is 5.84. The highest BCUT2D eigenvalue weighted by molar-refractivity contribution is 6.34. The number of nitrogens with two attached hydrogens (primary N) is 1. The smallest absolute Gasteiger partial charge is 0.238 e. The summed E-state index contributed by atoms with van der Waals surface area (Å²) in [5.74, 6) is 0.656. The molecule has 2 rings (SSSR count). The molecule has 0 radical (unpaired) electrons. The Bertz CT molecular complexity index is 524. The van der Waals surface area contributed by atoms with Crippen LogP contribution in [0.4, 0.5) is 5.69 Å². The number of hydrogen-bond acceptors (Lipinski definition) is 3. The Morgan fingerprint density at radius 2 is 2.18 bits per heavy atom. The van der Waals surface area contributed by atoms with E-state index in [1.54, 1.807) is 0 Å². The van der Waals surface area contributed by atoms with Gasteiger partial charge in [0.15, 0.2) is 0 Å². The number of nitrogens with zero attached hydrogens (tertiary/aromatic N) is 1. The van der Waals surface area contributed by atoms with Gasteiger partial charge < -0.3 is 11.1 Å². The number of anilines is 1. The van der Waals surface area contributed by atoms with Gasteiger partial charge >= 0.3 is 0 Å². The zero-order valence-corrected chi connectivity index (χ0v) is 14.4. The topological polar surface area (TPSA) is 58.4 Å². The SMILES string of the molecule is Cc1cc(C)c(NC(=O)CN2CCC(C)CC2CN)c(Cl)c1. The van der Waals surface area contributed by atoms with Crippen LogP contribution in [0.15, 0.2) is 12.1 Å². The van der Waals surface area contributed by atoms with Crippen molar-refractivity contribution in [2.75, 3.05) is 25.0 Å². The largest absolute Gasteiger partial charge is 0.329 e. The quantitative estimate of drug-likeness (QED) is 0.895. The molecule has 1 aliphatic rings. The molecule has 2 unspecified atom stereocenters. The van der Waals surface area contributed by atoms with E-state index in [0.29, 0.717) is 35.8 Å². The van der Waals surface area contributed by atoms with Crippen LogP contribution in [0.1, 0.15) is 30.9 Å². The number of likely N-dealkylation sites (tertiary alicyclic amines) is 1. The standard InChI is InChI=1S/C17H26ClN3O/c1-11-4-5-21(14(7-11)9-19)10-16(22)20-17-13(3)6-12(2)8-15(17)18/h6,8,11,14H,4-5,7,9-10,19H2,1-3H3,(H,20,22). The van der Waals surface area contributed by atoms with Crippen molar-refractivity contribution in [2.24, 2.45) is 11.7 Å². The lowest BCUT2D eigenvalue weighted by atomic mass is 9.92. The molecule has 1 amide bonds. The summed E-state index contributed by atoms with van der Waals surface area (Å²) in [5.41, 5.74) is 8.65. The van der Waals surface area contributed by atoms with Gasteiger partial charge in [0, 0.05) is 12.6 Å². The second-order valence-electron chi connectivity index (χ2n) is 6.48. The first kappa shape index (κ1) is 17.3. The van der Waals surface area contributed by atoms with Crippen LogP contribution in [0.25, 0.3) is 0 Å². The van der Waals surface area contributed by atoms with E-state index in [0.717, 1.165) is 30.5 Å². The predicted molar refractivity (Wildman–Crippen MR) is 92.4 cm³/mol. The van der Waals surface area contributed by atoms with E-state index < -0.39 is 0 Å². The number of aryl methyl sites for hydroxylation is 2. The number of halogens is 1. The minimum absolute atomic E-state index is 0.0261. The van der Waals surface area contributed by atoms with E-state index in [2.05, 4.69) is 17.1 Å². The molecule has 1 fully saturated rings. The Morgan fingerprint density at radius 1 is 1.45 bits per heavy atom. The third-order valence-corrected chi connectivity index (χ3v) is 4.71. The zero-order chi connectivity index (χ0) is 16.3. The number of carbonyl (C=O) groups excluding carboxylic acids is 1. The minimum Gasteiger partial charge on any atom is -0.329 e. The first-order valence-electron chi connectivity index (χ1n) is 7.91. The van der Waals surface area contributed by atoms with Crippen molar-refractivity contribution in [1.29, 1.82) is 0 Å². The van der Waals surface area contributed by atoms with Gasteiger partial charge in [0.05, 0.1) is 17.3 Å². The molecule has 0 saturated carbocycles. The van der Waals surface area contributed by atoms with Gasteiger partial charge in [0.25, 0.3) is 0 Å². The maximum Gasteiger partial charge on any atom is 0.238 e. The van der Waals surface area contributed by atoms with Gasteiger partial charge in [0.1, 0.15) is 0 Å². The highest BCUT2D eigenvalue weighted by Crippen LogP contribution is 2.27. The summed E-state index contributed by atoms with van der Waals surface area (Å²) in [6.07, 6.45) is 2.18. The lowest BCUT2D eigenvalue weighted by Gasteiger charge is -2.37. The van der Waals surface area contributed by atoms with Crippen LogP contribution in [-0.2, 0) is 4.79 Å². The van der Waals surface area contributed by atoms with Crippen LogP contribution in [0, 0.1) is 19.8 Å². The maximum absolute atomic E-state index is 12.4. The van der Waals surface area contributed by atoms with Crippen molar-refractivity contribution in [2.45, 2.75) is 39.7 Å². The Balaban J connectivity index is 2.01. The van der Waals surface area contributed by atoms with E-state index in [1.165, 1.54) is 0 Å². The summed E-state index contributed by atoms with van der Waals surface area (Å²) >= 11 is 6.25. The molecule has 5 heteroatoms. The fourth-order valence-electron chi connectivity index (χ4n) is 3.19. The van der Waals surface area contributed by atoms with Crippen LogP contribution in [0.5, 0.6) is 0 Å². The van der Waals surface area contributed by atoms with Crippen molar-refractivity contribution in [3.8, 4) is 0 Å². The second-order valence-corrected chi connectivity index (χ2v) is 6.88. The van der Waals surface area contributed by atoms with Crippen LogP contribution in [0.2, 0.25) is 5.02 Å². The molecule has 1 aromatic rings. The number of benzene rings is 1. The third kappa shape index (κ3) is 4.22. The van der Waals surface area contributed by atoms with Crippen LogP contribution in [-0.4, -0.2) is 36.5 Å². The fourth-order valence-corrected chi connectivity index (χ4v) is 3.56. The van der Waals surface area contributed by atoms with Gasteiger partial charge in [-0.3, -0.25) is 9.69 Å². The highest BCUT2D eigenvalue weighted by atomic mass is 35.5. The van der Waals surface area contributed by atoms with Crippen molar-refractivity contribution < 1.29 is 4.79 Å². The molecule has 2 atom stereocenters. The molecule has 0 spiro atoms. The molecule has 3 N–H and O–H groups in total. The molecular formula is C17H26ClN3O. The predicted octanol–water partition coefficient (Wildman–Crippen LogP) is 2.95. The third-order valence-electron chi connectivity index (χ3n) is 4.41. The van der Waals surface area contributed by atoms with Gasteiger partial charge in [-0.1, -0.05) is 24.6 Å². The average Bonchev–Trinajstić information content (AvgIpc) is 2.44. The Hall–Kier alpha value is -1.10. The van der Waals surface area contributed by atoms with Gasteiger partial charge in [-0.25, -0.2) is 0 Å². The first-order chi connectivity index (χ1) is 10.4. The van der Waals surface area contributed by atoms with Crippen LogP contribution >= 0.6 is 11.6 Å². The van der Waals surface area contributed by atoms with E-state index in [1.807, 2.05) is 26.0 Å². The number of nitrogens with one attached hydrogen (secondary N) is 1. The normalized spacial score (nSPS) is 22.6. The van der Waals surface area contributed by atoms with Crippen molar-refractivity contribution >= 4 is 23.2 Å². The van der Waals surface area contributed by atoms with Crippen molar-refractivity contribution in [3.63, 3.8) is 0 Å². The highest BCUT2D eigenvalue weighted by Gasteiger charge is 2.26. The molecule has 0 aromatic heterocycles. The molecule has 1 heterocycles. The van der Waals surface area contributed by atoms with Crippen LogP contribution < -0.4 is 11.1 Å². The number of piperidine rings is 1. The van der Waals surface area contributed by atoms with Crippen LogP contribution in [0.3, 0.4) is 0 Å². The summed E-state index contributed by atoms with van der Waals surface area (Å²) in [7, 11) is 0. The van der Waals surface area contributed by atoms with Crippen molar-refractivity contribution in [1.82, 2.24) is 4.90 Å². The lowest BCUT2D eigenvalue weighted by molar-refractivity contribution is -0.118. The first-order valence-corrected chi connectivity index (χ1v) is 8.29. The summed E-state index contributed by atoms with van der Waals surface area (Å²) in [5, 5.41) is 3.55. The molecule has 0 bridgehead atoms. The Morgan fingerprint density at radius 3 is 2.82 bits per heavy atom. The van der Waals surface area contributed by atoms with Gasteiger partial charge in [-0.15, -0.1) is 0 Å². The van der Waals surface area contributed by atoms with Crippen molar-refractivity contribution in [3.05, 3.63) is 28.3 Å². The number of carbonyl (C=O) groups is 1. The molecule has 4 nitrogen and oxygen atoms in total. The second kappa shape index (κ2) is 7.44. The fraction of sp³-hybridized carbons (Fsp3) is 0.588. The van der Waals surface area contributed by atoms with Gasteiger partial charge in [-0.05, 0) is 56.3 Å². The molecule has 22 heavy (non-hydrogen) atoms. The number of amides is 1. The summed E-state index contributed by atoms with van der Waals surface area (Å²) in [6, 6.07) is 4.19. The minimum atomic E-state index is -0.0261. The molecule has 1 saturated heterocycles.